The lowest BCUT2D eigenvalue weighted by Crippen LogP contribution is -1.97. The number of rotatable bonds is 4. The normalized spacial score (nSPS) is 10.3. The lowest BCUT2D eigenvalue weighted by Gasteiger charge is -2.07. The molecule has 0 amide bonds. The van der Waals surface area contributed by atoms with Crippen LogP contribution in [-0.4, -0.2) is 32.1 Å². The van der Waals surface area contributed by atoms with Crippen molar-refractivity contribution in [2.75, 3.05) is 7.11 Å². The Balaban J connectivity index is 1.91. The highest BCUT2D eigenvalue weighted by Gasteiger charge is 2.15. The molecule has 0 fully saturated rings. The van der Waals surface area contributed by atoms with E-state index in [2.05, 4.69) is 20.4 Å². The molecule has 23 heavy (non-hydrogen) atoms. The molecule has 0 saturated carbocycles. The Morgan fingerprint density at radius 1 is 1.09 bits per heavy atom. The predicted octanol–water partition coefficient (Wildman–Crippen LogP) is 2.30. The smallest absolute Gasteiger partial charge is 0.197 e. The summed E-state index contributed by atoms with van der Waals surface area (Å²) in [6.07, 6.45) is 0. The second-order valence-electron chi connectivity index (χ2n) is 4.54. The molecule has 3 aromatic rings. The van der Waals surface area contributed by atoms with Gasteiger partial charge in [0.15, 0.2) is 16.7 Å². The van der Waals surface area contributed by atoms with Gasteiger partial charge in [0.25, 0.3) is 0 Å². The molecule has 0 aliphatic rings. The van der Waals surface area contributed by atoms with Gasteiger partial charge in [-0.25, -0.2) is 0 Å². The fourth-order valence-electron chi connectivity index (χ4n) is 2.00. The molecule has 2 heterocycles. The van der Waals surface area contributed by atoms with E-state index in [0.29, 0.717) is 16.0 Å². The Morgan fingerprint density at radius 2 is 1.91 bits per heavy atom. The van der Waals surface area contributed by atoms with Crippen LogP contribution in [-0.2, 0) is 7.05 Å². The van der Waals surface area contributed by atoms with Crippen molar-refractivity contribution in [3.05, 3.63) is 42.1 Å². The Hall–Kier alpha value is -2.92. The molecule has 0 N–H and O–H groups in total. The average molecular weight is 324 g/mol. The topological polar surface area (TPSA) is 89.5 Å². The number of methoxy groups -OCH3 is 1. The fourth-order valence-corrected chi connectivity index (χ4v) is 2.71. The summed E-state index contributed by atoms with van der Waals surface area (Å²) in [4.78, 5) is 0. The van der Waals surface area contributed by atoms with Crippen molar-refractivity contribution < 1.29 is 4.74 Å². The van der Waals surface area contributed by atoms with E-state index in [-0.39, 0.29) is 5.69 Å². The van der Waals surface area contributed by atoms with Crippen molar-refractivity contribution in [3.8, 4) is 23.2 Å². The van der Waals surface area contributed by atoms with Crippen LogP contribution >= 0.6 is 11.8 Å². The molecule has 0 aliphatic heterocycles. The van der Waals surface area contributed by atoms with E-state index >= 15 is 0 Å². The van der Waals surface area contributed by atoms with E-state index in [1.165, 1.54) is 11.8 Å². The van der Waals surface area contributed by atoms with Gasteiger partial charge in [-0.05, 0) is 36.0 Å². The lowest BCUT2D eigenvalue weighted by atomic mass is 10.2. The van der Waals surface area contributed by atoms with Crippen LogP contribution in [0.25, 0.3) is 11.4 Å². The number of nitriles is 1. The lowest BCUT2D eigenvalue weighted by molar-refractivity contribution is 0.416. The maximum Gasteiger partial charge on any atom is 0.197 e. The van der Waals surface area contributed by atoms with E-state index in [9.17, 15) is 0 Å². The third-order valence-electron chi connectivity index (χ3n) is 3.13. The highest BCUT2D eigenvalue weighted by atomic mass is 32.2. The Labute approximate surface area is 137 Å². The van der Waals surface area contributed by atoms with Crippen LogP contribution in [0.3, 0.4) is 0 Å². The molecule has 0 atom stereocenters. The first-order valence-corrected chi connectivity index (χ1v) is 7.49. The summed E-state index contributed by atoms with van der Waals surface area (Å²) < 4.78 is 7.23. The van der Waals surface area contributed by atoms with E-state index in [1.54, 1.807) is 19.2 Å². The number of hydrogen-bond donors (Lipinski definition) is 0. The summed E-state index contributed by atoms with van der Waals surface area (Å²) in [7, 11) is 3.50. The summed E-state index contributed by atoms with van der Waals surface area (Å²) in [6.45, 7) is 0. The van der Waals surface area contributed by atoms with Crippen molar-refractivity contribution in [2.24, 2.45) is 7.05 Å². The molecule has 8 heteroatoms. The molecule has 114 valence electrons. The van der Waals surface area contributed by atoms with Crippen LogP contribution < -0.4 is 4.74 Å². The average Bonchev–Trinajstić information content (AvgIpc) is 2.96. The molecule has 0 bridgehead atoms. The number of nitrogens with zero attached hydrogens (tertiary/aromatic N) is 6. The van der Waals surface area contributed by atoms with Gasteiger partial charge in [-0.1, -0.05) is 12.1 Å². The zero-order valence-electron chi connectivity index (χ0n) is 12.5. The summed E-state index contributed by atoms with van der Waals surface area (Å²) in [5.41, 5.74) is 1.14. The minimum Gasteiger partial charge on any atom is -0.496 e. The highest BCUT2D eigenvalue weighted by molar-refractivity contribution is 7.99. The molecule has 0 unspecified atom stereocenters. The van der Waals surface area contributed by atoms with Gasteiger partial charge in [-0.3, -0.25) is 0 Å². The molecule has 7 nitrogen and oxygen atoms in total. The van der Waals surface area contributed by atoms with Gasteiger partial charge in [-0.2, -0.15) is 5.26 Å². The van der Waals surface area contributed by atoms with Crippen LogP contribution in [0.15, 0.2) is 46.6 Å². The van der Waals surface area contributed by atoms with Gasteiger partial charge in [-0.15, -0.1) is 20.4 Å². The van der Waals surface area contributed by atoms with Crippen LogP contribution in [0, 0.1) is 11.3 Å². The zero-order chi connectivity index (χ0) is 16.2. The van der Waals surface area contributed by atoms with Gasteiger partial charge in [0.2, 0.25) is 0 Å². The summed E-state index contributed by atoms with van der Waals surface area (Å²) >= 11 is 1.33. The number of hydrogen-bond acceptors (Lipinski definition) is 7. The highest BCUT2D eigenvalue weighted by Crippen LogP contribution is 2.31. The first-order valence-electron chi connectivity index (χ1n) is 6.67. The third-order valence-corrected chi connectivity index (χ3v) is 4.10. The van der Waals surface area contributed by atoms with Crippen molar-refractivity contribution in [1.29, 1.82) is 5.26 Å². The second kappa shape index (κ2) is 6.46. The summed E-state index contributed by atoms with van der Waals surface area (Å²) in [5, 5.41) is 26.3. The molecular formula is C15H12N6OS. The molecule has 1 aromatic carbocycles. The van der Waals surface area contributed by atoms with Gasteiger partial charge in [0, 0.05) is 7.05 Å². The number of aromatic nitrogens is 5. The van der Waals surface area contributed by atoms with Crippen LogP contribution in [0.1, 0.15) is 5.69 Å². The van der Waals surface area contributed by atoms with Gasteiger partial charge >= 0.3 is 0 Å². The zero-order valence-corrected chi connectivity index (χ0v) is 13.3. The first kappa shape index (κ1) is 15.0. The molecule has 0 radical (unpaired) electrons. The minimum atomic E-state index is 0.280. The van der Waals surface area contributed by atoms with Crippen LogP contribution in [0.5, 0.6) is 5.75 Å². The van der Waals surface area contributed by atoms with E-state index in [1.807, 2.05) is 41.9 Å². The monoisotopic (exact) mass is 324 g/mol. The summed E-state index contributed by atoms with van der Waals surface area (Å²) in [6, 6.07) is 12.9. The van der Waals surface area contributed by atoms with Gasteiger partial charge < -0.3 is 9.30 Å². The maximum absolute atomic E-state index is 8.74. The second-order valence-corrected chi connectivity index (χ2v) is 5.52. The number of benzene rings is 1. The number of ether oxygens (including phenoxy) is 1. The SMILES string of the molecule is COc1ccccc1-c1nnc(Sc2ccc(C#N)nn2)n1C. The Morgan fingerprint density at radius 3 is 2.61 bits per heavy atom. The Kier molecular flexibility index (Phi) is 4.21. The van der Waals surface area contributed by atoms with Crippen molar-refractivity contribution >= 4 is 11.8 Å². The van der Waals surface area contributed by atoms with Crippen molar-refractivity contribution in [1.82, 2.24) is 25.0 Å². The van der Waals surface area contributed by atoms with Crippen molar-refractivity contribution in [2.45, 2.75) is 10.2 Å². The predicted molar refractivity (Wildman–Crippen MR) is 83.9 cm³/mol. The van der Waals surface area contributed by atoms with Crippen molar-refractivity contribution in [3.63, 3.8) is 0 Å². The standard InChI is InChI=1S/C15H12N6OS/c1-21-14(11-5-3-4-6-12(11)22-2)19-20-15(21)23-13-8-7-10(9-16)17-18-13/h3-8H,1-2H3. The molecule has 2 aromatic heterocycles. The fraction of sp³-hybridized carbons (Fsp3) is 0.133. The van der Waals surface area contributed by atoms with Crippen LogP contribution in [0.2, 0.25) is 0 Å². The summed E-state index contributed by atoms with van der Waals surface area (Å²) in [5.74, 6) is 1.43. The van der Waals surface area contributed by atoms with E-state index < -0.39 is 0 Å². The number of para-hydroxylation sites is 1. The minimum absolute atomic E-state index is 0.280. The largest absolute Gasteiger partial charge is 0.496 e. The van der Waals surface area contributed by atoms with E-state index in [0.717, 1.165) is 11.3 Å². The molecule has 3 rings (SSSR count). The third kappa shape index (κ3) is 3.00. The molecule has 0 aliphatic carbocycles. The molecule has 0 saturated heterocycles. The maximum atomic E-state index is 8.74. The van der Waals surface area contributed by atoms with Crippen LogP contribution in [0.4, 0.5) is 0 Å². The van der Waals surface area contributed by atoms with Gasteiger partial charge in [0.1, 0.15) is 16.8 Å². The molecule has 0 spiro atoms. The first-order chi connectivity index (χ1) is 11.2. The Bertz CT molecular complexity index is 868. The van der Waals surface area contributed by atoms with E-state index in [4.69, 9.17) is 10.00 Å². The molecular weight excluding hydrogens is 312 g/mol. The van der Waals surface area contributed by atoms with Gasteiger partial charge in [0.05, 0.1) is 12.7 Å². The quantitative estimate of drug-likeness (QED) is 0.727.